The Kier molecular flexibility index (Phi) is 4.96. The molecular formula is C24H27ClN2O. The predicted octanol–water partition coefficient (Wildman–Crippen LogP) is 5.66. The number of nitrogens with one attached hydrogen (secondary N) is 1. The molecule has 2 atom stereocenters. The molecule has 2 heterocycles. The van der Waals surface area contributed by atoms with Crippen LogP contribution in [-0.2, 0) is 11.2 Å². The molecule has 1 N–H and O–H groups in total. The molecule has 2 unspecified atom stereocenters. The number of nitrogens with zero attached hydrogens (tertiary/aromatic N) is 1. The SMILES string of the molecule is CC(c1ccccc1)C1c2[nH]c3ccccc3c2CCN1C(=O)C(C)(C)CCl. The Hall–Kier alpha value is -2.26. The van der Waals surface area contributed by atoms with Gasteiger partial charge in [0.1, 0.15) is 0 Å². The summed E-state index contributed by atoms with van der Waals surface area (Å²) in [6, 6.07) is 18.9. The minimum Gasteiger partial charge on any atom is -0.356 e. The van der Waals surface area contributed by atoms with Gasteiger partial charge in [-0.1, -0.05) is 55.5 Å². The first-order valence-corrected chi connectivity index (χ1v) is 10.5. The van der Waals surface area contributed by atoms with Gasteiger partial charge in [-0.2, -0.15) is 0 Å². The Bertz CT molecular complexity index is 992. The molecule has 4 rings (SSSR count). The maximum Gasteiger partial charge on any atom is 0.230 e. The molecule has 4 heteroatoms. The summed E-state index contributed by atoms with van der Waals surface area (Å²) in [6.45, 7) is 6.81. The van der Waals surface area contributed by atoms with Gasteiger partial charge in [0.25, 0.3) is 0 Å². The molecule has 1 amide bonds. The van der Waals surface area contributed by atoms with Gasteiger partial charge in [0.2, 0.25) is 5.91 Å². The molecule has 0 aliphatic carbocycles. The van der Waals surface area contributed by atoms with Gasteiger partial charge in [-0.25, -0.2) is 0 Å². The van der Waals surface area contributed by atoms with E-state index in [4.69, 9.17) is 11.6 Å². The van der Waals surface area contributed by atoms with Crippen molar-refractivity contribution in [2.75, 3.05) is 12.4 Å². The van der Waals surface area contributed by atoms with Crippen LogP contribution < -0.4 is 0 Å². The van der Waals surface area contributed by atoms with Gasteiger partial charge in [-0.05, 0) is 37.5 Å². The number of halogens is 1. The van der Waals surface area contributed by atoms with Crippen molar-refractivity contribution >= 4 is 28.4 Å². The topological polar surface area (TPSA) is 36.1 Å². The van der Waals surface area contributed by atoms with E-state index >= 15 is 0 Å². The molecular weight excluding hydrogens is 368 g/mol. The van der Waals surface area contributed by atoms with E-state index in [1.807, 2.05) is 19.9 Å². The van der Waals surface area contributed by atoms with E-state index in [0.29, 0.717) is 5.88 Å². The zero-order valence-corrected chi connectivity index (χ0v) is 17.5. The van der Waals surface area contributed by atoms with Crippen molar-refractivity contribution in [2.45, 2.75) is 39.2 Å². The minimum absolute atomic E-state index is 0.0338. The normalized spacial score (nSPS) is 18.1. The van der Waals surface area contributed by atoms with Crippen LogP contribution in [0.2, 0.25) is 0 Å². The molecule has 28 heavy (non-hydrogen) atoms. The summed E-state index contributed by atoms with van der Waals surface area (Å²) >= 11 is 6.16. The Morgan fingerprint density at radius 2 is 1.86 bits per heavy atom. The number of carbonyl (C=O) groups excluding carboxylic acids is 1. The highest BCUT2D eigenvalue weighted by atomic mass is 35.5. The van der Waals surface area contributed by atoms with Crippen molar-refractivity contribution in [1.82, 2.24) is 9.88 Å². The fraction of sp³-hybridized carbons (Fsp3) is 0.375. The second-order valence-corrected chi connectivity index (χ2v) is 8.74. The number of rotatable bonds is 4. The van der Waals surface area contributed by atoms with E-state index in [1.54, 1.807) is 0 Å². The van der Waals surface area contributed by atoms with Crippen molar-refractivity contribution in [2.24, 2.45) is 5.41 Å². The van der Waals surface area contributed by atoms with Crippen molar-refractivity contribution in [3.05, 3.63) is 71.4 Å². The van der Waals surface area contributed by atoms with Crippen LogP contribution in [0, 0.1) is 5.41 Å². The average Bonchev–Trinajstić information content (AvgIpc) is 3.11. The summed E-state index contributed by atoms with van der Waals surface area (Å²) < 4.78 is 0. The Morgan fingerprint density at radius 1 is 1.18 bits per heavy atom. The number of benzene rings is 2. The molecule has 0 saturated heterocycles. The molecule has 0 radical (unpaired) electrons. The Labute approximate surface area is 171 Å². The molecule has 1 aromatic heterocycles. The van der Waals surface area contributed by atoms with Crippen LogP contribution in [0.15, 0.2) is 54.6 Å². The molecule has 1 aliphatic heterocycles. The van der Waals surface area contributed by atoms with E-state index in [9.17, 15) is 4.79 Å². The smallest absolute Gasteiger partial charge is 0.230 e. The van der Waals surface area contributed by atoms with Crippen LogP contribution in [0.25, 0.3) is 10.9 Å². The highest BCUT2D eigenvalue weighted by molar-refractivity contribution is 6.19. The molecule has 1 aliphatic rings. The van der Waals surface area contributed by atoms with Gasteiger partial charge in [-0.3, -0.25) is 4.79 Å². The molecule has 0 saturated carbocycles. The van der Waals surface area contributed by atoms with Crippen LogP contribution in [0.3, 0.4) is 0 Å². The first-order chi connectivity index (χ1) is 13.4. The quantitative estimate of drug-likeness (QED) is 0.569. The number of hydrogen-bond donors (Lipinski definition) is 1. The number of para-hydroxylation sites is 1. The lowest BCUT2D eigenvalue weighted by molar-refractivity contribution is -0.143. The summed E-state index contributed by atoms with van der Waals surface area (Å²) in [4.78, 5) is 19.1. The largest absolute Gasteiger partial charge is 0.356 e. The van der Waals surface area contributed by atoms with Crippen molar-refractivity contribution in [1.29, 1.82) is 0 Å². The van der Waals surface area contributed by atoms with Crippen LogP contribution in [0.5, 0.6) is 0 Å². The van der Waals surface area contributed by atoms with Gasteiger partial charge in [0.15, 0.2) is 0 Å². The fourth-order valence-corrected chi connectivity index (χ4v) is 4.52. The third-order valence-corrected chi connectivity index (χ3v) is 6.72. The third-order valence-electron chi connectivity index (χ3n) is 6.05. The number of amides is 1. The number of H-pyrrole nitrogens is 1. The number of carbonyl (C=O) groups is 1. The maximum atomic E-state index is 13.4. The summed E-state index contributed by atoms with van der Waals surface area (Å²) in [5, 5.41) is 1.27. The number of aromatic amines is 1. The van der Waals surface area contributed by atoms with Crippen LogP contribution >= 0.6 is 11.6 Å². The number of fused-ring (bicyclic) bond motifs is 3. The zero-order chi connectivity index (χ0) is 19.9. The van der Waals surface area contributed by atoms with E-state index in [1.165, 1.54) is 22.2 Å². The number of aromatic nitrogens is 1. The second kappa shape index (κ2) is 7.29. The van der Waals surface area contributed by atoms with Crippen LogP contribution in [-0.4, -0.2) is 28.2 Å². The van der Waals surface area contributed by atoms with Gasteiger partial charge in [-0.15, -0.1) is 11.6 Å². The van der Waals surface area contributed by atoms with Gasteiger partial charge >= 0.3 is 0 Å². The maximum absolute atomic E-state index is 13.4. The molecule has 2 aromatic carbocycles. The van der Waals surface area contributed by atoms with Gasteiger partial charge < -0.3 is 9.88 Å². The van der Waals surface area contributed by atoms with Gasteiger partial charge in [0.05, 0.1) is 11.5 Å². The molecule has 0 bridgehead atoms. The lowest BCUT2D eigenvalue weighted by atomic mass is 9.83. The first-order valence-electron chi connectivity index (χ1n) is 9.95. The lowest BCUT2D eigenvalue weighted by Crippen LogP contribution is -2.48. The average molecular weight is 395 g/mol. The Morgan fingerprint density at radius 3 is 2.57 bits per heavy atom. The van der Waals surface area contributed by atoms with E-state index < -0.39 is 5.41 Å². The third kappa shape index (κ3) is 3.12. The standard InChI is InChI=1S/C24H27ClN2O/c1-16(17-9-5-4-6-10-17)22-21-19(18-11-7-8-12-20(18)26-21)13-14-27(22)23(28)24(2,3)15-25/h4-12,16,22,26H,13-15H2,1-3H3. The number of hydrogen-bond acceptors (Lipinski definition) is 1. The molecule has 3 nitrogen and oxygen atoms in total. The summed E-state index contributed by atoms with van der Waals surface area (Å²) in [5.41, 5.74) is 4.31. The fourth-order valence-electron chi connectivity index (χ4n) is 4.40. The van der Waals surface area contributed by atoms with Crippen LogP contribution in [0.1, 0.15) is 49.6 Å². The van der Waals surface area contributed by atoms with Crippen LogP contribution in [0.4, 0.5) is 0 Å². The Balaban J connectivity index is 1.85. The molecule has 0 fully saturated rings. The molecule has 146 valence electrons. The monoisotopic (exact) mass is 394 g/mol. The van der Waals surface area contributed by atoms with E-state index in [-0.39, 0.29) is 17.9 Å². The minimum atomic E-state index is -0.584. The number of alkyl halides is 1. The lowest BCUT2D eigenvalue weighted by Gasteiger charge is -2.42. The van der Waals surface area contributed by atoms with Crippen molar-refractivity contribution < 1.29 is 4.79 Å². The summed E-state index contributed by atoms with van der Waals surface area (Å²) in [7, 11) is 0. The summed E-state index contributed by atoms with van der Waals surface area (Å²) in [5.74, 6) is 0.608. The molecule has 0 spiro atoms. The van der Waals surface area contributed by atoms with Crippen molar-refractivity contribution in [3.8, 4) is 0 Å². The highest BCUT2D eigenvalue weighted by Crippen LogP contribution is 2.43. The molecule has 3 aromatic rings. The highest BCUT2D eigenvalue weighted by Gasteiger charge is 2.41. The van der Waals surface area contributed by atoms with Crippen molar-refractivity contribution in [3.63, 3.8) is 0 Å². The zero-order valence-electron chi connectivity index (χ0n) is 16.7. The van der Waals surface area contributed by atoms with Gasteiger partial charge in [0, 0.05) is 34.9 Å². The predicted molar refractivity (Wildman–Crippen MR) is 116 cm³/mol. The first kappa shape index (κ1) is 19.1. The van der Waals surface area contributed by atoms with E-state index in [0.717, 1.165) is 18.5 Å². The summed E-state index contributed by atoms with van der Waals surface area (Å²) in [6.07, 6.45) is 0.863. The second-order valence-electron chi connectivity index (χ2n) is 8.47. The van der Waals surface area contributed by atoms with E-state index in [2.05, 4.69) is 65.3 Å².